The van der Waals surface area contributed by atoms with Crippen LogP contribution in [0.15, 0.2) is 42.5 Å². The lowest BCUT2D eigenvalue weighted by Gasteiger charge is -1.98. The molecule has 0 heterocycles. The SMILES string of the molecule is [CH]1[CH][CH][C](/C=C\Cc2ccccc2)[CH]1. The van der Waals surface area contributed by atoms with Gasteiger partial charge in [-0.15, -0.1) is 0 Å². The molecule has 1 aromatic carbocycles. The van der Waals surface area contributed by atoms with Crippen molar-refractivity contribution in [3.63, 3.8) is 0 Å². The molecule has 0 aromatic heterocycles. The Morgan fingerprint density at radius 1 is 0.929 bits per heavy atom. The molecule has 0 aliphatic heterocycles. The molecule has 0 nitrogen and oxygen atoms in total. The van der Waals surface area contributed by atoms with Gasteiger partial charge in [-0.3, -0.25) is 0 Å². The van der Waals surface area contributed by atoms with Crippen molar-refractivity contribution in [2.24, 2.45) is 0 Å². The van der Waals surface area contributed by atoms with Gasteiger partial charge in [0.2, 0.25) is 0 Å². The molecule has 1 aliphatic rings. The maximum Gasteiger partial charge on any atom is 0.00468 e. The molecule has 0 spiro atoms. The normalized spacial score (nSPS) is 18.0. The Morgan fingerprint density at radius 2 is 1.64 bits per heavy atom. The molecule has 0 saturated heterocycles. The predicted octanol–water partition coefficient (Wildman–Crippen LogP) is 3.19. The third kappa shape index (κ3) is 2.73. The van der Waals surface area contributed by atoms with Crippen molar-refractivity contribution in [2.45, 2.75) is 6.42 Å². The molecule has 0 heteroatoms. The summed E-state index contributed by atoms with van der Waals surface area (Å²) >= 11 is 0. The smallest absolute Gasteiger partial charge is 0.00468 e. The molecule has 69 valence electrons. The highest BCUT2D eigenvalue weighted by atomic mass is 14.2. The first kappa shape index (κ1) is 9.51. The Morgan fingerprint density at radius 3 is 2.36 bits per heavy atom. The molecule has 1 saturated carbocycles. The van der Waals surface area contributed by atoms with Crippen LogP contribution in [-0.2, 0) is 6.42 Å². The van der Waals surface area contributed by atoms with E-state index in [1.54, 1.807) is 0 Å². The van der Waals surface area contributed by atoms with E-state index < -0.39 is 0 Å². The van der Waals surface area contributed by atoms with Gasteiger partial charge in [0.1, 0.15) is 0 Å². The largest absolute Gasteiger partial charge is 0.0835 e. The standard InChI is InChI=1S/C14H13/c1-2-7-13(8-3-1)11-6-12-14-9-4-5-10-14/h1-10,12H,11H2/b12-6-. The Hall–Kier alpha value is -1.04. The second-order valence-electron chi connectivity index (χ2n) is 3.31. The van der Waals surface area contributed by atoms with E-state index in [-0.39, 0.29) is 0 Å². The number of hydrogen-bond acceptors (Lipinski definition) is 0. The van der Waals surface area contributed by atoms with Gasteiger partial charge in [0, 0.05) is 5.92 Å². The van der Waals surface area contributed by atoms with Crippen LogP contribution in [0.5, 0.6) is 0 Å². The summed E-state index contributed by atoms with van der Waals surface area (Å²) in [4.78, 5) is 0. The minimum absolute atomic E-state index is 1.01. The molecule has 0 unspecified atom stereocenters. The van der Waals surface area contributed by atoms with Crippen molar-refractivity contribution in [3.05, 3.63) is 79.6 Å². The summed E-state index contributed by atoms with van der Waals surface area (Å²) < 4.78 is 0. The maximum atomic E-state index is 2.20. The van der Waals surface area contributed by atoms with E-state index in [0.29, 0.717) is 0 Å². The van der Waals surface area contributed by atoms with Gasteiger partial charge in [-0.05, 0) is 37.7 Å². The van der Waals surface area contributed by atoms with Gasteiger partial charge in [0.05, 0.1) is 0 Å². The second kappa shape index (κ2) is 4.99. The summed E-state index contributed by atoms with van der Waals surface area (Å²) in [6, 6.07) is 10.5. The second-order valence-corrected chi connectivity index (χ2v) is 3.31. The fraction of sp³-hybridized carbons (Fsp3) is 0.0714. The van der Waals surface area contributed by atoms with Gasteiger partial charge < -0.3 is 0 Å². The van der Waals surface area contributed by atoms with Crippen molar-refractivity contribution in [3.8, 4) is 0 Å². The third-order valence-corrected chi connectivity index (χ3v) is 2.20. The van der Waals surface area contributed by atoms with Crippen molar-refractivity contribution in [2.75, 3.05) is 0 Å². The molecule has 2 rings (SSSR count). The van der Waals surface area contributed by atoms with Crippen LogP contribution in [0.2, 0.25) is 0 Å². The fourth-order valence-corrected chi connectivity index (χ4v) is 1.45. The Kier molecular flexibility index (Phi) is 3.39. The maximum absolute atomic E-state index is 2.20. The predicted molar refractivity (Wildman–Crippen MR) is 59.7 cm³/mol. The molecule has 1 aromatic rings. The highest BCUT2D eigenvalue weighted by Crippen LogP contribution is 2.23. The molecule has 0 atom stereocenters. The Labute approximate surface area is 86.7 Å². The lowest BCUT2D eigenvalue weighted by molar-refractivity contribution is 1.24. The van der Waals surface area contributed by atoms with Gasteiger partial charge in [0.25, 0.3) is 0 Å². The van der Waals surface area contributed by atoms with Crippen LogP contribution in [0, 0.1) is 31.6 Å². The Balaban J connectivity index is 1.81. The average molecular weight is 181 g/mol. The molecule has 0 amide bonds. The quantitative estimate of drug-likeness (QED) is 0.671. The minimum Gasteiger partial charge on any atom is -0.0835 e. The van der Waals surface area contributed by atoms with Crippen LogP contribution in [-0.4, -0.2) is 0 Å². The zero-order valence-corrected chi connectivity index (χ0v) is 8.06. The minimum atomic E-state index is 1.01. The van der Waals surface area contributed by atoms with E-state index >= 15 is 0 Å². The average Bonchev–Trinajstić information content (AvgIpc) is 2.72. The fourth-order valence-electron chi connectivity index (χ4n) is 1.45. The highest BCUT2D eigenvalue weighted by Gasteiger charge is 2.12. The zero-order chi connectivity index (χ0) is 9.64. The molecule has 1 aliphatic carbocycles. The molecule has 1 fully saturated rings. The van der Waals surface area contributed by atoms with E-state index in [4.69, 9.17) is 0 Å². The lowest BCUT2D eigenvalue weighted by Crippen LogP contribution is -1.85. The first-order valence-electron chi connectivity index (χ1n) is 4.87. The summed E-state index contributed by atoms with van der Waals surface area (Å²) in [6.07, 6.45) is 13.7. The van der Waals surface area contributed by atoms with Crippen LogP contribution in [0.3, 0.4) is 0 Å². The molecular weight excluding hydrogens is 168 g/mol. The van der Waals surface area contributed by atoms with E-state index in [9.17, 15) is 0 Å². The summed E-state index contributed by atoms with van der Waals surface area (Å²) in [6.45, 7) is 0. The molecular formula is C14H13. The third-order valence-electron chi connectivity index (χ3n) is 2.20. The highest BCUT2D eigenvalue weighted by molar-refractivity contribution is 5.42. The van der Waals surface area contributed by atoms with Crippen molar-refractivity contribution in [1.82, 2.24) is 0 Å². The van der Waals surface area contributed by atoms with Gasteiger partial charge in [0.15, 0.2) is 0 Å². The zero-order valence-electron chi connectivity index (χ0n) is 8.06. The first-order chi connectivity index (χ1) is 6.95. The van der Waals surface area contributed by atoms with Crippen LogP contribution in [0.1, 0.15) is 5.56 Å². The van der Waals surface area contributed by atoms with Crippen LogP contribution < -0.4 is 0 Å². The summed E-state index contributed by atoms with van der Waals surface area (Å²) in [5, 5.41) is 0. The van der Waals surface area contributed by atoms with Gasteiger partial charge in [-0.1, -0.05) is 42.5 Å². The van der Waals surface area contributed by atoms with Crippen molar-refractivity contribution >= 4 is 0 Å². The molecule has 0 bridgehead atoms. The van der Waals surface area contributed by atoms with Gasteiger partial charge in [-0.25, -0.2) is 0 Å². The van der Waals surface area contributed by atoms with E-state index in [1.807, 2.05) is 6.07 Å². The Bertz CT molecular complexity index is 278. The number of rotatable bonds is 3. The van der Waals surface area contributed by atoms with E-state index in [0.717, 1.165) is 6.42 Å². The topological polar surface area (TPSA) is 0 Å². The molecule has 0 N–H and O–H groups in total. The first-order valence-corrected chi connectivity index (χ1v) is 4.87. The van der Waals surface area contributed by atoms with Crippen LogP contribution >= 0.6 is 0 Å². The van der Waals surface area contributed by atoms with Gasteiger partial charge in [-0.2, -0.15) is 0 Å². The van der Waals surface area contributed by atoms with Crippen LogP contribution in [0.25, 0.3) is 0 Å². The summed E-state index contributed by atoms with van der Waals surface area (Å²) in [7, 11) is 0. The molecule has 5 radical (unpaired) electrons. The molecule has 14 heavy (non-hydrogen) atoms. The lowest BCUT2D eigenvalue weighted by atomic mass is 10.1. The van der Waals surface area contributed by atoms with Crippen molar-refractivity contribution in [1.29, 1.82) is 0 Å². The summed E-state index contributed by atoms with van der Waals surface area (Å²) in [5.74, 6) is 1.28. The number of allylic oxidation sites excluding steroid dienone is 2. The number of benzene rings is 1. The van der Waals surface area contributed by atoms with Gasteiger partial charge >= 0.3 is 0 Å². The number of hydrogen-bond donors (Lipinski definition) is 0. The van der Waals surface area contributed by atoms with E-state index in [2.05, 4.69) is 62.1 Å². The summed E-state index contributed by atoms with van der Waals surface area (Å²) in [5.41, 5.74) is 1.36. The van der Waals surface area contributed by atoms with Crippen molar-refractivity contribution < 1.29 is 0 Å². The monoisotopic (exact) mass is 181 g/mol. The van der Waals surface area contributed by atoms with Crippen LogP contribution in [0.4, 0.5) is 0 Å². The van der Waals surface area contributed by atoms with E-state index in [1.165, 1.54) is 11.5 Å².